The van der Waals surface area contributed by atoms with Gasteiger partial charge in [0.15, 0.2) is 0 Å². The molecule has 142 valence electrons. The summed E-state index contributed by atoms with van der Waals surface area (Å²) in [6, 6.07) is 11.7. The standard InChI is InChI=1S/C18H14ClF3N2O3/c1-27-12-8-6-11(7-9-12)15-10-17(26,18(20,21)22)24(23-15)16(25)13-4-2-3-5-14(13)19/h2-9,26H,10H2,1H3. The first-order valence-electron chi connectivity index (χ1n) is 7.77. The number of hydrogen-bond donors (Lipinski definition) is 1. The van der Waals surface area contributed by atoms with Crippen LogP contribution < -0.4 is 4.74 Å². The van der Waals surface area contributed by atoms with Crippen LogP contribution >= 0.6 is 11.6 Å². The maximum absolute atomic E-state index is 13.6. The van der Waals surface area contributed by atoms with Gasteiger partial charge in [-0.3, -0.25) is 4.79 Å². The van der Waals surface area contributed by atoms with Crippen LogP contribution in [0.15, 0.2) is 53.6 Å². The first kappa shape index (κ1) is 19.2. The summed E-state index contributed by atoms with van der Waals surface area (Å²) in [4.78, 5) is 12.7. The predicted octanol–water partition coefficient (Wildman–Crippen LogP) is 3.85. The minimum Gasteiger partial charge on any atom is -0.497 e. The average molecular weight is 399 g/mol. The van der Waals surface area contributed by atoms with Gasteiger partial charge in [-0.25, -0.2) is 0 Å². The van der Waals surface area contributed by atoms with E-state index < -0.39 is 24.2 Å². The molecule has 1 amide bonds. The molecule has 0 aromatic heterocycles. The summed E-state index contributed by atoms with van der Waals surface area (Å²) in [6.45, 7) is 0. The molecule has 1 heterocycles. The number of rotatable bonds is 3. The van der Waals surface area contributed by atoms with Gasteiger partial charge in [-0.2, -0.15) is 23.3 Å². The Morgan fingerprint density at radius 2 is 1.85 bits per heavy atom. The van der Waals surface area contributed by atoms with Crippen molar-refractivity contribution in [2.24, 2.45) is 5.10 Å². The molecule has 0 bridgehead atoms. The lowest BCUT2D eigenvalue weighted by molar-refractivity contribution is -0.297. The normalized spacial score (nSPS) is 19.8. The molecule has 2 aromatic carbocycles. The van der Waals surface area contributed by atoms with Gasteiger partial charge < -0.3 is 9.84 Å². The number of nitrogens with zero attached hydrogens (tertiary/aromatic N) is 2. The first-order chi connectivity index (χ1) is 12.7. The van der Waals surface area contributed by atoms with Crippen LogP contribution in [-0.4, -0.2) is 40.7 Å². The van der Waals surface area contributed by atoms with Crippen LogP contribution in [-0.2, 0) is 0 Å². The largest absolute Gasteiger partial charge is 0.497 e. The molecule has 1 aliphatic heterocycles. The Bertz CT molecular complexity index is 899. The number of ether oxygens (including phenoxy) is 1. The van der Waals surface area contributed by atoms with E-state index in [1.165, 1.54) is 43.5 Å². The number of amides is 1. The van der Waals surface area contributed by atoms with Gasteiger partial charge in [-0.1, -0.05) is 23.7 Å². The highest BCUT2D eigenvalue weighted by Crippen LogP contribution is 2.42. The first-order valence-corrected chi connectivity index (χ1v) is 8.15. The van der Waals surface area contributed by atoms with Gasteiger partial charge >= 0.3 is 6.18 Å². The monoisotopic (exact) mass is 398 g/mol. The Hall–Kier alpha value is -2.58. The fraction of sp³-hybridized carbons (Fsp3) is 0.222. The molecule has 0 saturated carbocycles. The molecule has 0 spiro atoms. The van der Waals surface area contributed by atoms with Gasteiger partial charge in [-0.05, 0) is 42.0 Å². The van der Waals surface area contributed by atoms with Gasteiger partial charge in [0.05, 0.1) is 29.8 Å². The summed E-state index contributed by atoms with van der Waals surface area (Å²) in [7, 11) is 1.45. The Morgan fingerprint density at radius 3 is 2.41 bits per heavy atom. The second-order valence-electron chi connectivity index (χ2n) is 5.86. The molecular weight excluding hydrogens is 385 g/mol. The summed E-state index contributed by atoms with van der Waals surface area (Å²) >= 11 is 5.92. The van der Waals surface area contributed by atoms with Crippen LogP contribution in [0.1, 0.15) is 22.3 Å². The number of aliphatic hydroxyl groups is 1. The second kappa shape index (κ2) is 6.86. The molecule has 3 rings (SSSR count). The summed E-state index contributed by atoms with van der Waals surface area (Å²) in [5.74, 6) is -0.642. The summed E-state index contributed by atoms with van der Waals surface area (Å²) in [5.41, 5.74) is -3.43. The third kappa shape index (κ3) is 3.38. The Morgan fingerprint density at radius 1 is 1.22 bits per heavy atom. The molecule has 9 heteroatoms. The minimum absolute atomic E-state index is 0.0416. The van der Waals surface area contributed by atoms with Gasteiger partial charge in [0.1, 0.15) is 5.75 Å². The van der Waals surface area contributed by atoms with E-state index in [0.717, 1.165) is 0 Å². The summed E-state index contributed by atoms with van der Waals surface area (Å²) in [5, 5.41) is 14.1. The number of halogens is 4. The lowest BCUT2D eigenvalue weighted by Gasteiger charge is -2.32. The van der Waals surface area contributed by atoms with E-state index in [4.69, 9.17) is 16.3 Å². The van der Waals surface area contributed by atoms with Crippen molar-refractivity contribution in [3.8, 4) is 5.75 Å². The number of carbonyl (C=O) groups is 1. The average Bonchev–Trinajstić information content (AvgIpc) is 3.00. The molecule has 0 saturated heterocycles. The Labute approximate surface area is 157 Å². The van der Waals surface area contributed by atoms with E-state index in [9.17, 15) is 23.1 Å². The van der Waals surface area contributed by atoms with Crippen LogP contribution in [0.4, 0.5) is 13.2 Å². The highest BCUT2D eigenvalue weighted by atomic mass is 35.5. The molecule has 1 atom stereocenters. The fourth-order valence-electron chi connectivity index (χ4n) is 2.67. The third-order valence-corrected chi connectivity index (χ3v) is 4.49. The zero-order valence-electron chi connectivity index (χ0n) is 14.0. The molecule has 1 N–H and O–H groups in total. The number of alkyl halides is 3. The van der Waals surface area contributed by atoms with Crippen LogP contribution in [0, 0.1) is 0 Å². The molecule has 27 heavy (non-hydrogen) atoms. The van der Waals surface area contributed by atoms with E-state index in [0.29, 0.717) is 11.3 Å². The Balaban J connectivity index is 2.05. The third-order valence-electron chi connectivity index (χ3n) is 4.16. The van der Waals surface area contributed by atoms with Crippen molar-refractivity contribution >= 4 is 23.2 Å². The van der Waals surface area contributed by atoms with E-state index in [2.05, 4.69) is 5.10 Å². The number of hydrazone groups is 1. The van der Waals surface area contributed by atoms with Gasteiger partial charge in [0, 0.05) is 0 Å². The predicted molar refractivity (Wildman–Crippen MR) is 92.8 cm³/mol. The van der Waals surface area contributed by atoms with Crippen molar-refractivity contribution in [1.29, 1.82) is 0 Å². The van der Waals surface area contributed by atoms with Gasteiger partial charge in [-0.15, -0.1) is 0 Å². The van der Waals surface area contributed by atoms with Crippen LogP contribution in [0.2, 0.25) is 5.02 Å². The molecule has 1 unspecified atom stereocenters. The van der Waals surface area contributed by atoms with Crippen molar-refractivity contribution in [2.75, 3.05) is 7.11 Å². The summed E-state index contributed by atoms with van der Waals surface area (Å²) < 4.78 is 45.8. The zero-order valence-corrected chi connectivity index (χ0v) is 14.8. The van der Waals surface area contributed by atoms with Crippen molar-refractivity contribution in [2.45, 2.75) is 18.3 Å². The van der Waals surface area contributed by atoms with Gasteiger partial charge in [0.2, 0.25) is 0 Å². The van der Waals surface area contributed by atoms with Crippen molar-refractivity contribution in [3.05, 3.63) is 64.7 Å². The van der Waals surface area contributed by atoms with Crippen molar-refractivity contribution in [1.82, 2.24) is 5.01 Å². The molecule has 0 fully saturated rings. The zero-order chi connectivity index (χ0) is 19.8. The van der Waals surface area contributed by atoms with E-state index >= 15 is 0 Å². The molecule has 5 nitrogen and oxygen atoms in total. The second-order valence-corrected chi connectivity index (χ2v) is 6.27. The smallest absolute Gasteiger partial charge is 0.438 e. The maximum atomic E-state index is 13.6. The van der Waals surface area contributed by atoms with Crippen LogP contribution in [0.5, 0.6) is 5.75 Å². The SMILES string of the molecule is COc1ccc(C2=NN(C(=O)c3ccccc3Cl)C(O)(C(F)(F)F)C2)cc1. The van der Waals surface area contributed by atoms with E-state index in [1.807, 2.05) is 0 Å². The van der Waals surface area contributed by atoms with Crippen molar-refractivity contribution in [3.63, 3.8) is 0 Å². The van der Waals surface area contributed by atoms with Crippen LogP contribution in [0.25, 0.3) is 0 Å². The maximum Gasteiger partial charge on any atom is 0.438 e. The lowest BCUT2D eigenvalue weighted by Crippen LogP contribution is -2.56. The van der Waals surface area contributed by atoms with E-state index in [1.54, 1.807) is 12.1 Å². The molecule has 1 aliphatic rings. The van der Waals surface area contributed by atoms with E-state index in [-0.39, 0.29) is 21.3 Å². The number of hydrogen-bond acceptors (Lipinski definition) is 4. The lowest BCUT2D eigenvalue weighted by atomic mass is 10.0. The quantitative estimate of drug-likeness (QED) is 0.854. The summed E-state index contributed by atoms with van der Waals surface area (Å²) in [6.07, 6.45) is -6.03. The topological polar surface area (TPSA) is 62.1 Å². The van der Waals surface area contributed by atoms with Crippen molar-refractivity contribution < 1.29 is 27.8 Å². The minimum atomic E-state index is -5.12. The Kier molecular flexibility index (Phi) is 4.88. The molecule has 2 aromatic rings. The molecular formula is C18H14ClF3N2O3. The molecule has 0 aliphatic carbocycles. The number of benzene rings is 2. The van der Waals surface area contributed by atoms with Gasteiger partial charge in [0.25, 0.3) is 11.6 Å². The highest BCUT2D eigenvalue weighted by molar-refractivity contribution is 6.33. The number of carbonyl (C=O) groups excluding carboxylic acids is 1. The number of methoxy groups -OCH3 is 1. The molecule has 0 radical (unpaired) electrons. The highest BCUT2D eigenvalue weighted by Gasteiger charge is 2.63. The van der Waals surface area contributed by atoms with Crippen LogP contribution in [0.3, 0.4) is 0 Å². The fourth-order valence-corrected chi connectivity index (χ4v) is 2.89.